The topological polar surface area (TPSA) is 131 Å². The van der Waals surface area contributed by atoms with Gasteiger partial charge in [0.2, 0.25) is 5.75 Å². The molecular formula is C18H18N3Na2O7PS. The van der Waals surface area contributed by atoms with Crippen molar-refractivity contribution in [2.24, 2.45) is 0 Å². The first-order valence-electron chi connectivity index (χ1n) is 8.42. The molecule has 0 spiro atoms. The molecular weight excluding hydrogens is 479 g/mol. The van der Waals surface area contributed by atoms with Crippen molar-refractivity contribution in [3.05, 3.63) is 36.5 Å². The van der Waals surface area contributed by atoms with Crippen LogP contribution in [0, 0.1) is 0 Å². The Kier molecular flexibility index (Phi) is 11.6. The predicted molar refractivity (Wildman–Crippen MR) is 106 cm³/mol. The molecule has 160 valence electrons. The second-order valence-electron chi connectivity index (χ2n) is 5.82. The minimum atomic E-state index is -4.87. The average Bonchev–Trinajstić information content (AvgIpc) is 3.21. The summed E-state index contributed by atoms with van der Waals surface area (Å²) in [4.78, 5) is 22.7. The van der Waals surface area contributed by atoms with Crippen molar-refractivity contribution in [1.82, 2.24) is 15.0 Å². The normalized spacial score (nSPS) is 10.6. The van der Waals surface area contributed by atoms with Crippen molar-refractivity contribution in [1.29, 1.82) is 0 Å². The standard InChI is InChI=1S/C18H20N3O7PS.2Na/c1-25-14-6-5-11(7-17(14)30-29(22,23)24)13-10-19-20-21(13)12-8-15(26-2)18(28-4)16(9-12)27-3;;/h5-10H,1-4H3,(H2,22,23,24);;/q;2*+1/p-2. The zero-order valence-corrected chi connectivity index (χ0v) is 24.2. The number of ether oxygens (including phenoxy) is 4. The van der Waals surface area contributed by atoms with Crippen LogP contribution in [0.5, 0.6) is 23.0 Å². The monoisotopic (exact) mass is 497 g/mol. The molecule has 14 heteroatoms. The molecule has 0 saturated heterocycles. The Morgan fingerprint density at radius 3 is 2.00 bits per heavy atom. The van der Waals surface area contributed by atoms with E-state index in [1.54, 1.807) is 24.3 Å². The number of rotatable bonds is 8. The van der Waals surface area contributed by atoms with Crippen molar-refractivity contribution in [3.63, 3.8) is 0 Å². The fourth-order valence-electron chi connectivity index (χ4n) is 2.84. The van der Waals surface area contributed by atoms with Gasteiger partial charge in [-0.15, -0.1) is 5.10 Å². The van der Waals surface area contributed by atoms with Crippen molar-refractivity contribution in [3.8, 4) is 39.9 Å². The third-order valence-electron chi connectivity index (χ3n) is 4.11. The maximum atomic E-state index is 11.3. The van der Waals surface area contributed by atoms with Gasteiger partial charge in [0.05, 0.1) is 50.9 Å². The van der Waals surface area contributed by atoms with Crippen molar-refractivity contribution in [2.45, 2.75) is 4.90 Å². The summed E-state index contributed by atoms with van der Waals surface area (Å²) in [6.07, 6.45) is 1.51. The van der Waals surface area contributed by atoms with Crippen LogP contribution in [0.15, 0.2) is 41.4 Å². The van der Waals surface area contributed by atoms with Crippen LogP contribution in [0.25, 0.3) is 16.9 Å². The zero-order valence-electron chi connectivity index (χ0n) is 18.5. The average molecular weight is 497 g/mol. The van der Waals surface area contributed by atoms with E-state index in [0.29, 0.717) is 34.2 Å². The van der Waals surface area contributed by atoms with Crippen LogP contribution in [0.2, 0.25) is 0 Å². The van der Waals surface area contributed by atoms with E-state index in [2.05, 4.69) is 10.3 Å². The van der Waals surface area contributed by atoms with Gasteiger partial charge in [-0.05, 0) is 25.0 Å². The number of hydrogen-bond donors (Lipinski definition) is 0. The van der Waals surface area contributed by atoms with Crippen molar-refractivity contribution in [2.75, 3.05) is 28.4 Å². The second kappa shape index (κ2) is 12.7. The molecule has 3 rings (SSSR count). The Morgan fingerprint density at radius 1 is 0.906 bits per heavy atom. The minimum absolute atomic E-state index is 0. The Labute approximate surface area is 233 Å². The molecule has 0 aliphatic rings. The number of benzene rings is 2. The summed E-state index contributed by atoms with van der Waals surface area (Å²) in [5.41, 5.74) is 1.69. The fourth-order valence-corrected chi connectivity index (χ4v) is 4.65. The summed E-state index contributed by atoms with van der Waals surface area (Å²) in [7, 11) is 5.89. The van der Waals surface area contributed by atoms with Gasteiger partial charge in [-0.25, -0.2) is 4.68 Å². The summed E-state index contributed by atoms with van der Waals surface area (Å²) in [6, 6.07) is 8.19. The molecule has 0 amide bonds. The van der Waals surface area contributed by atoms with Gasteiger partial charge in [-0.3, -0.25) is 0 Å². The quantitative estimate of drug-likeness (QED) is 0.224. The van der Waals surface area contributed by atoms with Crippen LogP contribution < -0.4 is 87.8 Å². The van der Waals surface area contributed by atoms with E-state index >= 15 is 0 Å². The van der Waals surface area contributed by atoms with E-state index in [9.17, 15) is 14.4 Å². The molecule has 0 aliphatic carbocycles. The van der Waals surface area contributed by atoms with E-state index in [-0.39, 0.29) is 81.1 Å². The van der Waals surface area contributed by atoms with Crippen LogP contribution in [-0.2, 0) is 4.57 Å². The predicted octanol–water partition coefficient (Wildman–Crippen LogP) is -4.10. The van der Waals surface area contributed by atoms with Gasteiger partial charge in [0.1, 0.15) is 5.75 Å². The first kappa shape index (κ1) is 29.3. The number of methoxy groups -OCH3 is 4. The largest absolute Gasteiger partial charge is 1.00 e. The van der Waals surface area contributed by atoms with Gasteiger partial charge in [0.25, 0.3) is 0 Å². The summed E-state index contributed by atoms with van der Waals surface area (Å²) < 4.78 is 34.0. The maximum absolute atomic E-state index is 11.3. The summed E-state index contributed by atoms with van der Waals surface area (Å²) in [5, 5.41) is 8.07. The Balaban J connectivity index is 0.00000256. The SMILES string of the molecule is COc1ccc(-c2cnnn2-c2cc(OC)c(OC)c(OC)c2)cc1SP(=O)([O-])[O-].[Na+].[Na+]. The van der Waals surface area contributed by atoms with E-state index in [1.807, 2.05) is 0 Å². The molecule has 0 unspecified atom stereocenters. The van der Waals surface area contributed by atoms with Crippen LogP contribution in [0.3, 0.4) is 0 Å². The molecule has 0 N–H and O–H groups in total. The third-order valence-corrected chi connectivity index (χ3v) is 6.11. The number of aromatic nitrogens is 3. The minimum Gasteiger partial charge on any atom is -0.803 e. The first-order valence-corrected chi connectivity index (χ1v) is 11.4. The van der Waals surface area contributed by atoms with E-state index < -0.39 is 6.80 Å². The van der Waals surface area contributed by atoms with Crippen molar-refractivity contribution >= 4 is 18.2 Å². The molecule has 1 aromatic heterocycles. The summed E-state index contributed by atoms with van der Waals surface area (Å²) >= 11 is 0.195. The van der Waals surface area contributed by atoms with Gasteiger partial charge < -0.3 is 33.3 Å². The molecule has 32 heavy (non-hydrogen) atoms. The first-order chi connectivity index (χ1) is 14.3. The Bertz CT molecular complexity index is 1080. The maximum Gasteiger partial charge on any atom is 1.00 e. The molecule has 2 aromatic carbocycles. The molecule has 0 aliphatic heterocycles. The molecule has 0 atom stereocenters. The van der Waals surface area contributed by atoms with E-state index in [0.717, 1.165) is 0 Å². The number of nitrogens with zero attached hydrogens (tertiary/aromatic N) is 3. The zero-order chi connectivity index (χ0) is 21.9. The van der Waals surface area contributed by atoms with Crippen LogP contribution >= 0.6 is 18.2 Å². The fraction of sp³-hybridized carbons (Fsp3) is 0.222. The van der Waals surface area contributed by atoms with Crippen LogP contribution in [0.4, 0.5) is 0 Å². The summed E-state index contributed by atoms with van der Waals surface area (Å²) in [5.74, 6) is 1.55. The molecule has 10 nitrogen and oxygen atoms in total. The van der Waals surface area contributed by atoms with E-state index in [1.165, 1.54) is 45.4 Å². The second-order valence-corrected chi connectivity index (χ2v) is 9.22. The van der Waals surface area contributed by atoms with Gasteiger partial charge in [-0.1, -0.05) is 16.6 Å². The van der Waals surface area contributed by atoms with Crippen molar-refractivity contribution < 1.29 is 92.4 Å². The van der Waals surface area contributed by atoms with Gasteiger partial charge in [-0.2, -0.15) is 0 Å². The molecule has 0 fully saturated rings. The van der Waals surface area contributed by atoms with Gasteiger partial charge in [0.15, 0.2) is 11.5 Å². The third kappa shape index (κ3) is 6.66. The summed E-state index contributed by atoms with van der Waals surface area (Å²) in [6.45, 7) is -4.87. The molecule has 0 saturated carbocycles. The molecule has 3 aromatic rings. The molecule has 0 radical (unpaired) electrons. The Morgan fingerprint density at radius 2 is 1.50 bits per heavy atom. The van der Waals surface area contributed by atoms with Gasteiger partial charge >= 0.3 is 59.1 Å². The smallest absolute Gasteiger partial charge is 0.803 e. The van der Waals surface area contributed by atoms with Crippen LogP contribution in [-0.4, -0.2) is 43.4 Å². The molecule has 1 heterocycles. The van der Waals surface area contributed by atoms with E-state index in [4.69, 9.17) is 18.9 Å². The number of hydrogen-bond acceptors (Lipinski definition) is 10. The molecule has 0 bridgehead atoms. The van der Waals surface area contributed by atoms with Gasteiger partial charge in [0, 0.05) is 17.7 Å². The Hall–Kier alpha value is -0.720. The van der Waals surface area contributed by atoms with Crippen LogP contribution in [0.1, 0.15) is 0 Å².